The van der Waals surface area contributed by atoms with Crippen molar-refractivity contribution in [1.29, 1.82) is 0 Å². The lowest BCUT2D eigenvalue weighted by molar-refractivity contribution is -0.121. The first kappa shape index (κ1) is 13.5. The Kier molecular flexibility index (Phi) is 5.30. The Morgan fingerprint density at radius 1 is 1.38 bits per heavy atom. The van der Waals surface area contributed by atoms with Crippen LogP contribution in [0.1, 0.15) is 32.3 Å². The van der Waals surface area contributed by atoms with Crippen LogP contribution in [0.25, 0.3) is 0 Å². The molecule has 1 atom stereocenters. The van der Waals surface area contributed by atoms with Crippen molar-refractivity contribution in [3.05, 3.63) is 33.8 Å². The zero-order valence-corrected chi connectivity index (χ0v) is 11.1. The molecule has 0 saturated carbocycles. The van der Waals surface area contributed by atoms with Crippen molar-refractivity contribution in [2.45, 2.75) is 33.1 Å². The summed E-state index contributed by atoms with van der Waals surface area (Å²) in [5.74, 6) is 0.325. The molecule has 0 radical (unpaired) electrons. The standard InChI is InChI=1S/C13H16Cl2O/c1-3-5-9(2)12(16)8-10-6-4-7-11(14)13(10)15/h4,6-7,9H,3,5,8H2,1-2H3. The van der Waals surface area contributed by atoms with Crippen molar-refractivity contribution in [3.63, 3.8) is 0 Å². The maximum absolute atomic E-state index is 11.9. The van der Waals surface area contributed by atoms with Crippen molar-refractivity contribution >= 4 is 29.0 Å². The average molecular weight is 259 g/mol. The van der Waals surface area contributed by atoms with Gasteiger partial charge in [-0.2, -0.15) is 0 Å². The highest BCUT2D eigenvalue weighted by Crippen LogP contribution is 2.26. The highest BCUT2D eigenvalue weighted by molar-refractivity contribution is 6.42. The molecule has 16 heavy (non-hydrogen) atoms. The van der Waals surface area contributed by atoms with Crippen molar-refractivity contribution in [3.8, 4) is 0 Å². The normalized spacial score (nSPS) is 12.5. The van der Waals surface area contributed by atoms with Crippen LogP contribution in [0, 0.1) is 5.92 Å². The largest absolute Gasteiger partial charge is 0.299 e. The van der Waals surface area contributed by atoms with E-state index < -0.39 is 0 Å². The quantitative estimate of drug-likeness (QED) is 0.758. The van der Waals surface area contributed by atoms with Gasteiger partial charge in [0.25, 0.3) is 0 Å². The van der Waals surface area contributed by atoms with E-state index in [1.165, 1.54) is 0 Å². The Balaban J connectivity index is 2.73. The van der Waals surface area contributed by atoms with Gasteiger partial charge in [0.15, 0.2) is 0 Å². The molecule has 1 aromatic carbocycles. The third kappa shape index (κ3) is 3.50. The molecule has 0 heterocycles. The van der Waals surface area contributed by atoms with Gasteiger partial charge in [0.05, 0.1) is 10.0 Å². The van der Waals surface area contributed by atoms with Gasteiger partial charge in [0, 0.05) is 12.3 Å². The van der Waals surface area contributed by atoms with E-state index in [2.05, 4.69) is 6.92 Å². The fourth-order valence-corrected chi connectivity index (χ4v) is 2.03. The monoisotopic (exact) mass is 258 g/mol. The Morgan fingerprint density at radius 2 is 2.06 bits per heavy atom. The summed E-state index contributed by atoms with van der Waals surface area (Å²) in [7, 11) is 0. The number of ketones is 1. The van der Waals surface area contributed by atoms with E-state index in [0.29, 0.717) is 16.5 Å². The highest BCUT2D eigenvalue weighted by atomic mass is 35.5. The maximum atomic E-state index is 11.9. The minimum atomic E-state index is 0.0973. The van der Waals surface area contributed by atoms with Crippen molar-refractivity contribution in [2.24, 2.45) is 5.92 Å². The van der Waals surface area contributed by atoms with Crippen LogP contribution in [0.3, 0.4) is 0 Å². The van der Waals surface area contributed by atoms with Gasteiger partial charge < -0.3 is 0 Å². The Morgan fingerprint density at radius 3 is 2.69 bits per heavy atom. The molecule has 0 aliphatic rings. The number of halogens is 2. The number of carbonyl (C=O) groups is 1. The summed E-state index contributed by atoms with van der Waals surface area (Å²) in [4.78, 5) is 11.9. The molecule has 1 nitrogen and oxygen atoms in total. The number of hydrogen-bond acceptors (Lipinski definition) is 1. The lowest BCUT2D eigenvalue weighted by Crippen LogP contribution is -2.13. The molecule has 0 amide bonds. The van der Waals surface area contributed by atoms with Crippen LogP contribution in [0.5, 0.6) is 0 Å². The third-order valence-electron chi connectivity index (χ3n) is 2.67. The Bertz CT molecular complexity index is 374. The number of benzene rings is 1. The zero-order chi connectivity index (χ0) is 12.1. The summed E-state index contributed by atoms with van der Waals surface area (Å²) < 4.78 is 0. The fourth-order valence-electron chi connectivity index (χ4n) is 1.64. The summed E-state index contributed by atoms with van der Waals surface area (Å²) in [5.41, 5.74) is 0.821. The van der Waals surface area contributed by atoms with Gasteiger partial charge in [-0.15, -0.1) is 0 Å². The SMILES string of the molecule is CCCC(C)C(=O)Cc1cccc(Cl)c1Cl. The Labute approximate surface area is 107 Å². The second-order valence-corrected chi connectivity index (χ2v) is 4.83. The number of carbonyl (C=O) groups excluding carboxylic acids is 1. The Hall–Kier alpha value is -0.530. The summed E-state index contributed by atoms with van der Waals surface area (Å²) in [6.45, 7) is 4.04. The molecule has 88 valence electrons. The first-order valence-electron chi connectivity index (χ1n) is 5.51. The first-order valence-corrected chi connectivity index (χ1v) is 6.27. The van der Waals surface area contributed by atoms with Gasteiger partial charge in [-0.3, -0.25) is 4.79 Å². The lowest BCUT2D eigenvalue weighted by atomic mass is 9.96. The van der Waals surface area contributed by atoms with E-state index in [-0.39, 0.29) is 11.7 Å². The molecule has 3 heteroatoms. The minimum absolute atomic E-state index is 0.0973. The average Bonchev–Trinajstić information content (AvgIpc) is 2.25. The molecule has 0 spiro atoms. The third-order valence-corrected chi connectivity index (χ3v) is 3.53. The molecule has 0 N–H and O–H groups in total. The molecule has 0 aliphatic carbocycles. The van der Waals surface area contributed by atoms with Crippen LogP contribution in [0.2, 0.25) is 10.0 Å². The van der Waals surface area contributed by atoms with Gasteiger partial charge in [-0.1, -0.05) is 55.6 Å². The van der Waals surface area contributed by atoms with Crippen molar-refractivity contribution in [1.82, 2.24) is 0 Å². The van der Waals surface area contributed by atoms with E-state index in [1.807, 2.05) is 19.1 Å². The lowest BCUT2D eigenvalue weighted by Gasteiger charge is -2.10. The van der Waals surface area contributed by atoms with Crippen LogP contribution in [-0.2, 0) is 11.2 Å². The van der Waals surface area contributed by atoms with E-state index in [0.717, 1.165) is 18.4 Å². The molecule has 0 saturated heterocycles. The second-order valence-electron chi connectivity index (χ2n) is 4.05. The van der Waals surface area contributed by atoms with Gasteiger partial charge in [-0.05, 0) is 18.1 Å². The predicted octanol–water partition coefficient (Wildman–Crippen LogP) is 4.54. The van der Waals surface area contributed by atoms with Crippen LogP contribution in [0.4, 0.5) is 0 Å². The summed E-state index contributed by atoms with van der Waals surface area (Å²) >= 11 is 11.9. The summed E-state index contributed by atoms with van der Waals surface area (Å²) in [5, 5.41) is 1.01. The second kappa shape index (κ2) is 6.27. The minimum Gasteiger partial charge on any atom is -0.299 e. The molecule has 1 aromatic rings. The van der Waals surface area contributed by atoms with Crippen LogP contribution in [-0.4, -0.2) is 5.78 Å². The topological polar surface area (TPSA) is 17.1 Å². The highest BCUT2D eigenvalue weighted by Gasteiger charge is 2.14. The molecule has 1 unspecified atom stereocenters. The smallest absolute Gasteiger partial charge is 0.140 e. The first-order chi connectivity index (χ1) is 7.56. The number of rotatable bonds is 5. The molecule has 0 bridgehead atoms. The van der Waals surface area contributed by atoms with Gasteiger partial charge in [0.2, 0.25) is 0 Å². The van der Waals surface area contributed by atoms with Crippen molar-refractivity contribution < 1.29 is 4.79 Å². The zero-order valence-electron chi connectivity index (χ0n) is 9.59. The van der Waals surface area contributed by atoms with Gasteiger partial charge in [0.1, 0.15) is 5.78 Å². The van der Waals surface area contributed by atoms with Crippen LogP contribution < -0.4 is 0 Å². The van der Waals surface area contributed by atoms with E-state index in [4.69, 9.17) is 23.2 Å². The van der Waals surface area contributed by atoms with E-state index >= 15 is 0 Å². The maximum Gasteiger partial charge on any atom is 0.140 e. The summed E-state index contributed by atoms with van der Waals surface area (Å²) in [6, 6.07) is 5.40. The van der Waals surface area contributed by atoms with Crippen LogP contribution >= 0.6 is 23.2 Å². The molecular formula is C13H16Cl2O. The molecule has 0 aromatic heterocycles. The molecule has 0 aliphatic heterocycles. The fraction of sp³-hybridized carbons (Fsp3) is 0.462. The molecule has 1 rings (SSSR count). The van der Waals surface area contributed by atoms with Gasteiger partial charge >= 0.3 is 0 Å². The number of Topliss-reactive ketones (excluding diaryl/α,β-unsaturated/α-hetero) is 1. The number of hydrogen-bond donors (Lipinski definition) is 0. The van der Waals surface area contributed by atoms with E-state index in [9.17, 15) is 4.79 Å². The van der Waals surface area contributed by atoms with E-state index in [1.54, 1.807) is 6.07 Å². The molecule has 0 fully saturated rings. The van der Waals surface area contributed by atoms with Crippen molar-refractivity contribution in [2.75, 3.05) is 0 Å². The summed E-state index contributed by atoms with van der Waals surface area (Å²) in [6.07, 6.45) is 2.33. The predicted molar refractivity (Wildman–Crippen MR) is 69.2 cm³/mol. The van der Waals surface area contributed by atoms with Gasteiger partial charge in [-0.25, -0.2) is 0 Å². The van der Waals surface area contributed by atoms with Crippen LogP contribution in [0.15, 0.2) is 18.2 Å². The molecular weight excluding hydrogens is 243 g/mol.